The van der Waals surface area contributed by atoms with Gasteiger partial charge < -0.3 is 9.88 Å². The van der Waals surface area contributed by atoms with Crippen LogP contribution in [0.2, 0.25) is 5.02 Å². The van der Waals surface area contributed by atoms with Crippen molar-refractivity contribution in [2.75, 3.05) is 13.1 Å². The summed E-state index contributed by atoms with van der Waals surface area (Å²) in [7, 11) is 0. The Balaban J connectivity index is 1.98. The average molecular weight is 280 g/mol. The van der Waals surface area contributed by atoms with Gasteiger partial charge in [0.25, 0.3) is 0 Å². The zero-order chi connectivity index (χ0) is 13.2. The van der Waals surface area contributed by atoms with Gasteiger partial charge in [0, 0.05) is 29.4 Å². The number of halogens is 2. The van der Waals surface area contributed by atoms with Gasteiger partial charge in [-0.3, -0.25) is 0 Å². The molecule has 1 aromatic carbocycles. The highest BCUT2D eigenvalue weighted by Crippen LogP contribution is 2.26. The Bertz CT molecular complexity index is 556. The fourth-order valence-electron chi connectivity index (χ4n) is 2.61. The number of imidazole rings is 1. The first-order chi connectivity index (χ1) is 9.24. The summed E-state index contributed by atoms with van der Waals surface area (Å²) in [6, 6.07) is 4.54. The molecule has 2 heterocycles. The molecule has 0 saturated carbocycles. The van der Waals surface area contributed by atoms with Crippen LogP contribution in [-0.2, 0) is 0 Å². The van der Waals surface area contributed by atoms with Gasteiger partial charge in [-0.15, -0.1) is 0 Å². The minimum absolute atomic E-state index is 0.330. The van der Waals surface area contributed by atoms with Crippen molar-refractivity contribution in [1.29, 1.82) is 0 Å². The minimum Gasteiger partial charge on any atom is -0.316 e. The van der Waals surface area contributed by atoms with Crippen molar-refractivity contribution >= 4 is 11.6 Å². The van der Waals surface area contributed by atoms with Crippen LogP contribution < -0.4 is 5.32 Å². The molecule has 1 N–H and O–H groups in total. The van der Waals surface area contributed by atoms with Gasteiger partial charge >= 0.3 is 0 Å². The fraction of sp³-hybridized carbons (Fsp3) is 0.357. The van der Waals surface area contributed by atoms with E-state index in [2.05, 4.69) is 10.3 Å². The van der Waals surface area contributed by atoms with Gasteiger partial charge in [-0.2, -0.15) is 0 Å². The van der Waals surface area contributed by atoms with E-state index in [0.717, 1.165) is 37.3 Å². The van der Waals surface area contributed by atoms with Crippen LogP contribution in [0.3, 0.4) is 0 Å². The average Bonchev–Trinajstić information content (AvgIpc) is 2.88. The molecule has 1 atom stereocenters. The molecule has 3 rings (SSSR count). The van der Waals surface area contributed by atoms with Crippen molar-refractivity contribution in [2.45, 2.75) is 18.8 Å². The van der Waals surface area contributed by atoms with E-state index in [1.165, 1.54) is 12.1 Å². The zero-order valence-corrected chi connectivity index (χ0v) is 11.2. The van der Waals surface area contributed by atoms with Crippen LogP contribution in [0.4, 0.5) is 4.39 Å². The highest BCUT2D eigenvalue weighted by molar-refractivity contribution is 6.30. The van der Waals surface area contributed by atoms with Crippen LogP contribution in [0, 0.1) is 5.82 Å². The van der Waals surface area contributed by atoms with Crippen LogP contribution in [0.1, 0.15) is 24.5 Å². The van der Waals surface area contributed by atoms with E-state index >= 15 is 0 Å². The summed E-state index contributed by atoms with van der Waals surface area (Å²) in [4.78, 5) is 4.20. The number of hydrogen-bond acceptors (Lipinski definition) is 2. The molecule has 0 spiro atoms. The summed E-state index contributed by atoms with van der Waals surface area (Å²) >= 11 is 5.92. The molecule has 5 heteroatoms. The molecule has 0 bridgehead atoms. The number of aromatic nitrogens is 2. The van der Waals surface area contributed by atoms with E-state index in [1.54, 1.807) is 12.4 Å². The fourth-order valence-corrected chi connectivity index (χ4v) is 2.82. The van der Waals surface area contributed by atoms with Crippen molar-refractivity contribution in [3.63, 3.8) is 0 Å². The lowest BCUT2D eigenvalue weighted by atomic mass is 9.96. The summed E-state index contributed by atoms with van der Waals surface area (Å²) in [6.45, 7) is 2.01. The zero-order valence-electron chi connectivity index (χ0n) is 10.4. The number of benzene rings is 1. The van der Waals surface area contributed by atoms with Gasteiger partial charge in [0.1, 0.15) is 5.82 Å². The van der Waals surface area contributed by atoms with E-state index in [-0.39, 0.29) is 5.82 Å². The molecule has 0 amide bonds. The second-order valence-corrected chi connectivity index (χ2v) is 5.30. The maximum absolute atomic E-state index is 13.5. The van der Waals surface area contributed by atoms with E-state index in [4.69, 9.17) is 11.6 Å². The number of nitrogens with zero attached hydrogens (tertiary/aromatic N) is 2. The molecule has 0 aliphatic carbocycles. The van der Waals surface area contributed by atoms with E-state index in [1.807, 2.05) is 10.8 Å². The first kappa shape index (κ1) is 12.6. The van der Waals surface area contributed by atoms with Crippen LogP contribution >= 0.6 is 11.6 Å². The third kappa shape index (κ3) is 2.65. The lowest BCUT2D eigenvalue weighted by Gasteiger charge is -2.23. The Morgan fingerprint density at radius 2 is 2.26 bits per heavy atom. The molecule has 1 unspecified atom stereocenters. The van der Waals surface area contributed by atoms with Gasteiger partial charge in [-0.25, -0.2) is 9.37 Å². The third-order valence-electron chi connectivity index (χ3n) is 3.51. The molecule has 1 aliphatic heterocycles. The van der Waals surface area contributed by atoms with Gasteiger partial charge in [-0.05, 0) is 37.6 Å². The molecule has 0 radical (unpaired) electrons. The molecular formula is C14H15ClFN3. The SMILES string of the molecule is Fc1cc(Cl)cc(-n2cncc2C2CCCNC2)c1. The van der Waals surface area contributed by atoms with Crippen molar-refractivity contribution < 1.29 is 4.39 Å². The maximum atomic E-state index is 13.5. The second-order valence-electron chi connectivity index (χ2n) is 4.86. The number of rotatable bonds is 2. The summed E-state index contributed by atoms with van der Waals surface area (Å²) in [5.74, 6) is 0.0854. The largest absolute Gasteiger partial charge is 0.316 e. The molecule has 1 saturated heterocycles. The van der Waals surface area contributed by atoms with Crippen LogP contribution in [0.5, 0.6) is 0 Å². The predicted molar refractivity (Wildman–Crippen MR) is 73.4 cm³/mol. The van der Waals surface area contributed by atoms with Crippen molar-refractivity contribution in [2.24, 2.45) is 0 Å². The standard InChI is InChI=1S/C14H15ClFN3/c15-11-4-12(16)6-13(5-11)19-9-18-8-14(19)10-2-1-3-17-7-10/h4-6,8-10,17H,1-3,7H2. The van der Waals surface area contributed by atoms with E-state index in [0.29, 0.717) is 10.9 Å². The molecule has 1 fully saturated rings. The Morgan fingerprint density at radius 1 is 1.37 bits per heavy atom. The van der Waals surface area contributed by atoms with Gasteiger partial charge in [0.15, 0.2) is 0 Å². The topological polar surface area (TPSA) is 29.9 Å². The second kappa shape index (κ2) is 5.31. The molecule has 19 heavy (non-hydrogen) atoms. The summed E-state index contributed by atoms with van der Waals surface area (Å²) < 4.78 is 15.4. The molecular weight excluding hydrogens is 265 g/mol. The van der Waals surface area contributed by atoms with Gasteiger partial charge in [0.2, 0.25) is 0 Å². The Labute approximate surface area is 116 Å². The molecule has 1 aliphatic rings. The molecule has 3 nitrogen and oxygen atoms in total. The smallest absolute Gasteiger partial charge is 0.126 e. The predicted octanol–water partition coefficient (Wildman–Crippen LogP) is 3.13. The van der Waals surface area contributed by atoms with E-state index in [9.17, 15) is 4.39 Å². The Kier molecular flexibility index (Phi) is 3.53. The number of hydrogen-bond donors (Lipinski definition) is 1. The Hall–Kier alpha value is -1.39. The first-order valence-electron chi connectivity index (χ1n) is 6.43. The maximum Gasteiger partial charge on any atom is 0.126 e. The summed E-state index contributed by atoms with van der Waals surface area (Å²) in [5.41, 5.74) is 1.83. The van der Waals surface area contributed by atoms with Crippen LogP contribution in [0.25, 0.3) is 5.69 Å². The lowest BCUT2D eigenvalue weighted by Crippen LogP contribution is -2.29. The van der Waals surface area contributed by atoms with Crippen molar-refractivity contribution in [1.82, 2.24) is 14.9 Å². The van der Waals surface area contributed by atoms with Gasteiger partial charge in [-0.1, -0.05) is 11.6 Å². The lowest BCUT2D eigenvalue weighted by molar-refractivity contribution is 0.451. The summed E-state index contributed by atoms with van der Waals surface area (Å²) in [6.07, 6.45) is 5.85. The van der Waals surface area contributed by atoms with Gasteiger partial charge in [0.05, 0.1) is 12.0 Å². The van der Waals surface area contributed by atoms with E-state index < -0.39 is 0 Å². The highest BCUT2D eigenvalue weighted by atomic mass is 35.5. The Morgan fingerprint density at radius 3 is 3.00 bits per heavy atom. The third-order valence-corrected chi connectivity index (χ3v) is 3.73. The monoisotopic (exact) mass is 279 g/mol. The molecule has 100 valence electrons. The van der Waals surface area contributed by atoms with Crippen molar-refractivity contribution in [3.05, 3.63) is 47.3 Å². The highest BCUT2D eigenvalue weighted by Gasteiger charge is 2.19. The van der Waals surface area contributed by atoms with Crippen molar-refractivity contribution in [3.8, 4) is 5.69 Å². The minimum atomic E-state index is -0.330. The summed E-state index contributed by atoms with van der Waals surface area (Å²) in [5, 5.41) is 3.78. The van der Waals surface area contributed by atoms with Crippen LogP contribution in [-0.4, -0.2) is 22.6 Å². The molecule has 2 aromatic rings. The normalized spacial score (nSPS) is 19.6. The quantitative estimate of drug-likeness (QED) is 0.915. The van der Waals surface area contributed by atoms with Crippen LogP contribution in [0.15, 0.2) is 30.7 Å². The molecule has 1 aromatic heterocycles. The first-order valence-corrected chi connectivity index (χ1v) is 6.81. The number of nitrogens with one attached hydrogen (secondary N) is 1. The number of piperidine rings is 1.